The van der Waals surface area contributed by atoms with E-state index in [1.165, 1.54) is 18.2 Å². The highest BCUT2D eigenvalue weighted by molar-refractivity contribution is 14.1. The molecule has 1 heterocycles. The van der Waals surface area contributed by atoms with Gasteiger partial charge in [-0.15, -0.1) is 0 Å². The molecule has 2 aromatic carbocycles. The summed E-state index contributed by atoms with van der Waals surface area (Å²) in [5.41, 5.74) is 0.362. The number of urea groups is 1. The van der Waals surface area contributed by atoms with Gasteiger partial charge >= 0.3 is 6.03 Å². The summed E-state index contributed by atoms with van der Waals surface area (Å²) in [6.07, 6.45) is 1.32. The standard InChI is InChI=1S/C22H19Cl2IN2O5/c1-4-31-17-10-12(9-15(25)19(17)32-11(2)3)8-13-20(28)26-22(30)27(21(13)29)16-7-5-6-14(23)18(16)24/h5-11H,4H2,1-3H3,(H,26,28,30)/b13-8+. The van der Waals surface area contributed by atoms with Crippen LogP contribution >= 0.6 is 45.8 Å². The lowest BCUT2D eigenvalue weighted by molar-refractivity contribution is -0.122. The SMILES string of the molecule is CCOc1cc(/C=C2\C(=O)NC(=O)N(c3cccc(Cl)c3Cl)C2=O)cc(I)c1OC(C)C. The van der Waals surface area contributed by atoms with E-state index in [-0.39, 0.29) is 27.4 Å². The van der Waals surface area contributed by atoms with Gasteiger partial charge in [0, 0.05) is 0 Å². The molecule has 0 radical (unpaired) electrons. The molecule has 0 bridgehead atoms. The number of anilines is 1. The molecule has 0 aliphatic carbocycles. The maximum absolute atomic E-state index is 13.1. The van der Waals surface area contributed by atoms with Gasteiger partial charge in [0.05, 0.1) is 32.0 Å². The molecule has 10 heteroatoms. The Morgan fingerprint density at radius 2 is 1.91 bits per heavy atom. The quantitative estimate of drug-likeness (QED) is 0.276. The van der Waals surface area contributed by atoms with Crippen molar-refractivity contribution in [3.63, 3.8) is 0 Å². The average molecular weight is 589 g/mol. The van der Waals surface area contributed by atoms with E-state index in [0.717, 1.165) is 8.47 Å². The van der Waals surface area contributed by atoms with Crippen LogP contribution in [0.25, 0.3) is 6.08 Å². The fourth-order valence-corrected chi connectivity index (χ4v) is 4.12. The van der Waals surface area contributed by atoms with Crippen molar-refractivity contribution in [1.29, 1.82) is 0 Å². The highest BCUT2D eigenvalue weighted by Gasteiger charge is 2.38. The fraction of sp³-hybridized carbons (Fsp3) is 0.227. The second-order valence-electron chi connectivity index (χ2n) is 6.96. The highest BCUT2D eigenvalue weighted by atomic mass is 127. The van der Waals surface area contributed by atoms with Gasteiger partial charge in [-0.25, -0.2) is 9.69 Å². The molecule has 0 saturated carbocycles. The number of halogens is 3. The number of benzene rings is 2. The molecule has 2 aromatic rings. The van der Waals surface area contributed by atoms with Crippen LogP contribution in [0.15, 0.2) is 35.9 Å². The smallest absolute Gasteiger partial charge is 0.336 e. The number of carbonyl (C=O) groups excluding carboxylic acids is 3. The maximum Gasteiger partial charge on any atom is 0.336 e. The molecule has 0 aromatic heterocycles. The Kier molecular flexibility index (Phi) is 7.68. The first kappa shape index (κ1) is 24.3. The highest BCUT2D eigenvalue weighted by Crippen LogP contribution is 2.37. The first-order valence-electron chi connectivity index (χ1n) is 9.62. The van der Waals surface area contributed by atoms with Gasteiger partial charge in [0.25, 0.3) is 11.8 Å². The van der Waals surface area contributed by atoms with Crippen LogP contribution in [0.2, 0.25) is 10.0 Å². The minimum absolute atomic E-state index is 0.0229. The molecule has 0 spiro atoms. The van der Waals surface area contributed by atoms with E-state index in [1.54, 1.807) is 18.2 Å². The van der Waals surface area contributed by atoms with E-state index in [4.69, 9.17) is 32.7 Å². The number of imide groups is 2. The van der Waals surface area contributed by atoms with Gasteiger partial charge in [-0.2, -0.15) is 0 Å². The summed E-state index contributed by atoms with van der Waals surface area (Å²) in [6, 6.07) is 7.05. The Morgan fingerprint density at radius 3 is 2.56 bits per heavy atom. The molecule has 1 fully saturated rings. The van der Waals surface area contributed by atoms with Gasteiger partial charge < -0.3 is 9.47 Å². The predicted molar refractivity (Wildman–Crippen MR) is 132 cm³/mol. The lowest BCUT2D eigenvalue weighted by Gasteiger charge is -2.27. The average Bonchev–Trinajstić information content (AvgIpc) is 2.71. The third kappa shape index (κ3) is 5.02. The van der Waals surface area contributed by atoms with Crippen molar-refractivity contribution in [1.82, 2.24) is 5.32 Å². The number of hydrogen-bond donors (Lipinski definition) is 1. The van der Waals surface area contributed by atoms with Crippen molar-refractivity contribution >= 4 is 75.4 Å². The largest absolute Gasteiger partial charge is 0.490 e. The molecule has 0 atom stereocenters. The molecule has 0 unspecified atom stereocenters. The second-order valence-corrected chi connectivity index (χ2v) is 8.91. The summed E-state index contributed by atoms with van der Waals surface area (Å²) in [5, 5.41) is 2.36. The number of amides is 4. The number of barbiturate groups is 1. The Balaban J connectivity index is 2.07. The summed E-state index contributed by atoms with van der Waals surface area (Å²) in [6.45, 7) is 6.05. The molecule has 7 nitrogen and oxygen atoms in total. The Morgan fingerprint density at radius 1 is 1.19 bits per heavy atom. The molecule has 1 saturated heterocycles. The van der Waals surface area contributed by atoms with Gasteiger partial charge in [0.2, 0.25) is 0 Å². The maximum atomic E-state index is 13.1. The monoisotopic (exact) mass is 588 g/mol. The van der Waals surface area contributed by atoms with E-state index in [9.17, 15) is 14.4 Å². The second kappa shape index (κ2) is 10.1. The minimum atomic E-state index is -0.911. The zero-order valence-corrected chi connectivity index (χ0v) is 21.0. The van der Waals surface area contributed by atoms with E-state index < -0.39 is 17.8 Å². The van der Waals surface area contributed by atoms with Crippen LogP contribution in [-0.2, 0) is 9.59 Å². The van der Waals surface area contributed by atoms with E-state index in [2.05, 4.69) is 27.9 Å². The van der Waals surface area contributed by atoms with Crippen molar-refractivity contribution in [3.8, 4) is 11.5 Å². The molecule has 4 amide bonds. The lowest BCUT2D eigenvalue weighted by Crippen LogP contribution is -2.54. The number of ether oxygens (including phenoxy) is 2. The normalized spacial score (nSPS) is 15.4. The lowest BCUT2D eigenvalue weighted by atomic mass is 10.1. The molecule has 1 aliphatic heterocycles. The van der Waals surface area contributed by atoms with Crippen LogP contribution in [-0.4, -0.2) is 30.6 Å². The molecule has 32 heavy (non-hydrogen) atoms. The first-order chi connectivity index (χ1) is 15.1. The Labute approximate surface area is 208 Å². The number of nitrogens with zero attached hydrogens (tertiary/aromatic N) is 1. The van der Waals surface area contributed by atoms with Crippen LogP contribution < -0.4 is 19.7 Å². The Bertz CT molecular complexity index is 1130. The summed E-state index contributed by atoms with van der Waals surface area (Å²) in [4.78, 5) is 38.8. The zero-order chi connectivity index (χ0) is 23.6. The fourth-order valence-electron chi connectivity index (χ4n) is 2.99. The van der Waals surface area contributed by atoms with Crippen molar-refractivity contribution in [3.05, 3.63) is 55.1 Å². The molecular formula is C22H19Cl2IN2O5. The van der Waals surface area contributed by atoms with Gasteiger partial charge in [0.15, 0.2) is 11.5 Å². The van der Waals surface area contributed by atoms with E-state index >= 15 is 0 Å². The summed E-state index contributed by atoms with van der Waals surface area (Å²) < 4.78 is 12.3. The first-order valence-corrected chi connectivity index (χ1v) is 11.5. The predicted octanol–water partition coefficient (Wildman–Crippen LogP) is 5.45. The zero-order valence-electron chi connectivity index (χ0n) is 17.4. The number of hydrogen-bond acceptors (Lipinski definition) is 5. The van der Waals surface area contributed by atoms with Crippen molar-refractivity contribution < 1.29 is 23.9 Å². The molecule has 3 rings (SSSR count). The number of carbonyl (C=O) groups is 3. The van der Waals surface area contributed by atoms with Crippen molar-refractivity contribution in [2.75, 3.05) is 11.5 Å². The minimum Gasteiger partial charge on any atom is -0.490 e. The van der Waals surface area contributed by atoms with Gasteiger partial charge in [0.1, 0.15) is 5.57 Å². The third-order valence-electron chi connectivity index (χ3n) is 4.27. The number of rotatable bonds is 6. The van der Waals surface area contributed by atoms with Gasteiger partial charge in [-0.3, -0.25) is 14.9 Å². The van der Waals surface area contributed by atoms with E-state index in [1.807, 2.05) is 20.8 Å². The third-order valence-corrected chi connectivity index (χ3v) is 5.88. The molecule has 1 N–H and O–H groups in total. The van der Waals surface area contributed by atoms with Crippen LogP contribution in [0, 0.1) is 3.57 Å². The van der Waals surface area contributed by atoms with E-state index in [0.29, 0.717) is 23.7 Å². The van der Waals surface area contributed by atoms with Crippen LogP contribution in [0.1, 0.15) is 26.3 Å². The molecular weight excluding hydrogens is 570 g/mol. The number of nitrogens with one attached hydrogen (secondary N) is 1. The van der Waals surface area contributed by atoms with Crippen LogP contribution in [0.3, 0.4) is 0 Å². The summed E-state index contributed by atoms with van der Waals surface area (Å²) in [7, 11) is 0. The Hall–Kier alpha value is -2.30. The van der Waals surface area contributed by atoms with Crippen LogP contribution in [0.4, 0.5) is 10.5 Å². The van der Waals surface area contributed by atoms with Crippen molar-refractivity contribution in [2.45, 2.75) is 26.9 Å². The van der Waals surface area contributed by atoms with Gasteiger partial charge in [-0.1, -0.05) is 29.3 Å². The van der Waals surface area contributed by atoms with Gasteiger partial charge in [-0.05, 0) is 79.3 Å². The summed E-state index contributed by atoms with van der Waals surface area (Å²) in [5.74, 6) is -0.579. The molecule has 168 valence electrons. The summed E-state index contributed by atoms with van der Waals surface area (Å²) >= 11 is 14.3. The molecule has 1 aliphatic rings. The van der Waals surface area contributed by atoms with Crippen LogP contribution in [0.5, 0.6) is 11.5 Å². The van der Waals surface area contributed by atoms with Crippen molar-refractivity contribution in [2.24, 2.45) is 0 Å². The topological polar surface area (TPSA) is 84.9 Å².